The minimum Gasteiger partial charge on any atom is -0.245 e. The molecule has 0 saturated heterocycles. The molecular weight excluding hydrogens is 336 g/mol. The van der Waals surface area contributed by atoms with Gasteiger partial charge in [0.25, 0.3) is 0 Å². The van der Waals surface area contributed by atoms with Crippen LogP contribution in [-0.2, 0) is 18.8 Å². The van der Waals surface area contributed by atoms with E-state index in [9.17, 15) is 8.42 Å². The van der Waals surface area contributed by atoms with Crippen LogP contribution >= 0.6 is 0 Å². The van der Waals surface area contributed by atoms with E-state index in [0.29, 0.717) is 11.8 Å². The molecule has 148 valence electrons. The van der Waals surface area contributed by atoms with Crippen LogP contribution in [0.5, 0.6) is 0 Å². The number of rotatable bonds is 4. The molecule has 5 heteroatoms. The topological polar surface area (TPSA) is 52.6 Å². The highest BCUT2D eigenvalue weighted by atomic mass is 32.3. The minimum absolute atomic E-state index is 0.213. The molecule has 0 amide bonds. The van der Waals surface area contributed by atoms with Crippen LogP contribution in [0.1, 0.15) is 92.9 Å². The fourth-order valence-electron chi connectivity index (χ4n) is 4.41. The first kappa shape index (κ1) is 21.2. The van der Waals surface area contributed by atoms with Crippen LogP contribution in [0.3, 0.4) is 0 Å². The van der Waals surface area contributed by atoms with Crippen molar-refractivity contribution in [1.29, 1.82) is 0 Å². The summed E-state index contributed by atoms with van der Waals surface area (Å²) in [6, 6.07) is 0. The van der Waals surface area contributed by atoms with Gasteiger partial charge in [-0.3, -0.25) is 0 Å². The van der Waals surface area contributed by atoms with Gasteiger partial charge < -0.3 is 0 Å². The molecule has 0 N–H and O–H groups in total. The molecule has 2 aliphatic rings. The van der Waals surface area contributed by atoms with Crippen molar-refractivity contribution in [2.75, 3.05) is 0 Å². The zero-order valence-corrected chi connectivity index (χ0v) is 17.8. The van der Waals surface area contributed by atoms with Gasteiger partial charge in [0.15, 0.2) is 0 Å². The lowest BCUT2D eigenvalue weighted by atomic mass is 9.72. The maximum atomic E-state index is 12.3. The standard InChI is InChI=1S/C20H38O4S/c1-19(2,3)15-7-11-17(12-8-15)23-25(21,22)24-18-13-9-16(10-14-18)20(4,5)6/h15-18H,7-14H2,1-6H3. The highest BCUT2D eigenvalue weighted by molar-refractivity contribution is 7.81. The molecule has 0 aromatic rings. The molecule has 2 saturated carbocycles. The molecule has 0 aromatic carbocycles. The summed E-state index contributed by atoms with van der Waals surface area (Å²) < 4.78 is 35.3. The molecule has 0 radical (unpaired) electrons. The van der Waals surface area contributed by atoms with Crippen molar-refractivity contribution in [2.24, 2.45) is 22.7 Å². The van der Waals surface area contributed by atoms with Crippen molar-refractivity contribution in [3.05, 3.63) is 0 Å². The molecular formula is C20H38O4S. The van der Waals surface area contributed by atoms with E-state index in [1.54, 1.807) is 0 Å². The molecule has 0 spiro atoms. The first-order valence-electron chi connectivity index (χ1n) is 9.98. The summed E-state index contributed by atoms with van der Waals surface area (Å²) >= 11 is 0. The van der Waals surface area contributed by atoms with Gasteiger partial charge in [0, 0.05) is 0 Å². The maximum absolute atomic E-state index is 12.3. The highest BCUT2D eigenvalue weighted by Crippen LogP contribution is 2.40. The van der Waals surface area contributed by atoms with E-state index in [1.165, 1.54) is 0 Å². The summed E-state index contributed by atoms with van der Waals surface area (Å²) in [5.74, 6) is 1.28. The maximum Gasteiger partial charge on any atom is 0.400 e. The van der Waals surface area contributed by atoms with Crippen LogP contribution in [-0.4, -0.2) is 20.6 Å². The second kappa shape index (κ2) is 7.85. The van der Waals surface area contributed by atoms with Crippen molar-refractivity contribution in [2.45, 2.75) is 105 Å². The zero-order chi connectivity index (χ0) is 18.9. The van der Waals surface area contributed by atoms with Crippen molar-refractivity contribution >= 4 is 10.4 Å². The lowest BCUT2D eigenvalue weighted by molar-refractivity contribution is 0.0484. The Morgan fingerprint density at radius 2 is 0.880 bits per heavy atom. The second-order valence-corrected chi connectivity index (χ2v) is 11.5. The Hall–Kier alpha value is -0.130. The number of hydrogen-bond donors (Lipinski definition) is 0. The molecule has 0 aromatic heterocycles. The first-order chi connectivity index (χ1) is 11.4. The summed E-state index contributed by atoms with van der Waals surface area (Å²) in [6.45, 7) is 13.5. The third-order valence-electron chi connectivity index (χ3n) is 6.31. The van der Waals surface area contributed by atoms with Gasteiger partial charge in [-0.15, -0.1) is 0 Å². The van der Waals surface area contributed by atoms with Crippen molar-refractivity contribution in [1.82, 2.24) is 0 Å². The summed E-state index contributed by atoms with van der Waals surface area (Å²) in [5, 5.41) is 0. The number of hydrogen-bond acceptors (Lipinski definition) is 4. The normalized spacial score (nSPS) is 32.6. The van der Waals surface area contributed by atoms with Gasteiger partial charge in [0.2, 0.25) is 0 Å². The SMILES string of the molecule is CC(C)(C)C1CCC(OS(=O)(=O)OC2CCC(C(C)(C)C)CC2)CC1. The van der Waals surface area contributed by atoms with Crippen LogP contribution in [0, 0.1) is 22.7 Å². The molecule has 0 atom stereocenters. The molecule has 2 aliphatic carbocycles. The van der Waals surface area contributed by atoms with Crippen LogP contribution < -0.4 is 0 Å². The third kappa shape index (κ3) is 6.51. The van der Waals surface area contributed by atoms with E-state index in [-0.39, 0.29) is 23.0 Å². The molecule has 2 fully saturated rings. The third-order valence-corrected chi connectivity index (χ3v) is 7.32. The van der Waals surface area contributed by atoms with E-state index in [1.807, 2.05) is 0 Å². The summed E-state index contributed by atoms with van der Waals surface area (Å²) in [5.41, 5.74) is 0.568. The van der Waals surface area contributed by atoms with Crippen molar-refractivity contribution in [3.8, 4) is 0 Å². The predicted molar refractivity (Wildman–Crippen MR) is 101 cm³/mol. The fraction of sp³-hybridized carbons (Fsp3) is 1.00. The van der Waals surface area contributed by atoms with Gasteiger partial charge >= 0.3 is 10.4 Å². The molecule has 0 aliphatic heterocycles. The Morgan fingerprint density at radius 3 is 1.12 bits per heavy atom. The van der Waals surface area contributed by atoms with Gasteiger partial charge in [-0.05, 0) is 74.0 Å². The Morgan fingerprint density at radius 1 is 0.600 bits per heavy atom. The van der Waals surface area contributed by atoms with E-state index >= 15 is 0 Å². The Kier molecular flexibility index (Phi) is 6.65. The monoisotopic (exact) mass is 374 g/mol. The molecule has 0 heterocycles. The van der Waals surface area contributed by atoms with Crippen LogP contribution in [0.2, 0.25) is 0 Å². The van der Waals surface area contributed by atoms with Gasteiger partial charge in [-0.25, -0.2) is 8.37 Å². The fourth-order valence-corrected chi connectivity index (χ4v) is 5.50. The lowest BCUT2D eigenvalue weighted by Crippen LogP contribution is -2.33. The van der Waals surface area contributed by atoms with Gasteiger partial charge in [0.1, 0.15) is 0 Å². The van der Waals surface area contributed by atoms with E-state index < -0.39 is 10.4 Å². The Labute approximate surface area is 155 Å². The smallest absolute Gasteiger partial charge is 0.245 e. The van der Waals surface area contributed by atoms with Gasteiger partial charge in [-0.1, -0.05) is 41.5 Å². The Bertz CT molecular complexity index is 469. The second-order valence-electron chi connectivity index (χ2n) is 10.3. The van der Waals surface area contributed by atoms with E-state index in [4.69, 9.17) is 8.37 Å². The summed E-state index contributed by atoms with van der Waals surface area (Å²) in [4.78, 5) is 0. The summed E-state index contributed by atoms with van der Waals surface area (Å²) in [6.07, 6.45) is 6.91. The molecule has 4 nitrogen and oxygen atoms in total. The average molecular weight is 375 g/mol. The first-order valence-corrected chi connectivity index (χ1v) is 11.3. The highest BCUT2D eigenvalue weighted by Gasteiger charge is 2.35. The predicted octanol–water partition coefficient (Wildman–Crippen LogP) is 5.47. The largest absolute Gasteiger partial charge is 0.400 e. The van der Waals surface area contributed by atoms with Crippen molar-refractivity contribution < 1.29 is 16.8 Å². The van der Waals surface area contributed by atoms with Crippen molar-refractivity contribution in [3.63, 3.8) is 0 Å². The molecule has 0 unspecified atom stereocenters. The van der Waals surface area contributed by atoms with E-state index in [2.05, 4.69) is 41.5 Å². The van der Waals surface area contributed by atoms with Crippen LogP contribution in [0.4, 0.5) is 0 Å². The molecule has 25 heavy (non-hydrogen) atoms. The Balaban J connectivity index is 1.78. The van der Waals surface area contributed by atoms with E-state index in [0.717, 1.165) is 51.4 Å². The molecule has 2 rings (SSSR count). The quantitative estimate of drug-likeness (QED) is 0.654. The van der Waals surface area contributed by atoms with Crippen LogP contribution in [0.25, 0.3) is 0 Å². The minimum atomic E-state index is -3.89. The van der Waals surface area contributed by atoms with Gasteiger partial charge in [0.05, 0.1) is 12.2 Å². The van der Waals surface area contributed by atoms with Crippen LogP contribution in [0.15, 0.2) is 0 Å². The lowest BCUT2D eigenvalue weighted by Gasteiger charge is -2.37. The zero-order valence-electron chi connectivity index (χ0n) is 17.0. The summed E-state index contributed by atoms with van der Waals surface area (Å²) in [7, 11) is -3.89. The average Bonchev–Trinajstić information content (AvgIpc) is 2.45. The van der Waals surface area contributed by atoms with Gasteiger partial charge in [-0.2, -0.15) is 8.42 Å². The molecule has 0 bridgehead atoms.